The van der Waals surface area contributed by atoms with Crippen LogP contribution in [0, 0.1) is 3.57 Å². The van der Waals surface area contributed by atoms with E-state index in [2.05, 4.69) is 63.9 Å². The Hall–Kier alpha value is -2.66. The Morgan fingerprint density at radius 2 is 1.75 bits per heavy atom. The summed E-state index contributed by atoms with van der Waals surface area (Å²) in [4.78, 5) is 20.4. The molecule has 2 heterocycles. The summed E-state index contributed by atoms with van der Waals surface area (Å²) in [6, 6.07) is 16.5. The van der Waals surface area contributed by atoms with Crippen molar-refractivity contribution >= 4 is 40.0 Å². The van der Waals surface area contributed by atoms with Crippen LogP contribution in [0.2, 0.25) is 0 Å². The van der Waals surface area contributed by atoms with Crippen LogP contribution < -0.4 is 4.74 Å². The number of pyridine rings is 1. The molecule has 0 aliphatic carbocycles. The molecule has 148 valence electrons. The minimum atomic E-state index is -1.82. The molecule has 0 bridgehead atoms. The largest absolute Gasteiger partial charge is 0.474 e. The zero-order chi connectivity index (χ0) is 20.5. The monoisotopic (exact) mass is 497 g/mol. The van der Waals surface area contributed by atoms with Crippen molar-refractivity contribution in [1.29, 1.82) is 0 Å². The highest BCUT2D eigenvalue weighted by molar-refractivity contribution is 14.1. The third kappa shape index (κ3) is 6.50. The highest BCUT2D eigenvalue weighted by Crippen LogP contribution is 2.24. The third-order valence-electron chi connectivity index (χ3n) is 3.64. The normalized spacial score (nSPS) is 10.4. The number of carboxylic acids is 2. The molecule has 0 saturated carbocycles. The van der Waals surface area contributed by atoms with Gasteiger partial charge in [0.05, 0.1) is 5.52 Å². The van der Waals surface area contributed by atoms with Gasteiger partial charge in [-0.25, -0.2) is 14.1 Å². The number of likely N-dealkylation sites (N-methyl/N-ethyl adjacent to an activating group) is 1. The van der Waals surface area contributed by atoms with Gasteiger partial charge in [-0.05, 0) is 47.3 Å². The Kier molecular flexibility index (Phi) is 8.20. The minimum Gasteiger partial charge on any atom is -0.474 e. The molecule has 0 fully saturated rings. The maximum atomic E-state index is 9.10. The summed E-state index contributed by atoms with van der Waals surface area (Å²) in [6.07, 6.45) is 1.94. The number of carboxylic acid groups (broad SMARTS) is 2. The van der Waals surface area contributed by atoms with Crippen LogP contribution in [0.25, 0.3) is 5.52 Å². The summed E-state index contributed by atoms with van der Waals surface area (Å²) in [7, 11) is 2.10. The number of carbonyl (C=O) groups is 2. The van der Waals surface area contributed by atoms with Crippen LogP contribution in [-0.4, -0.2) is 56.9 Å². The Labute approximate surface area is 175 Å². The van der Waals surface area contributed by atoms with Gasteiger partial charge in [-0.1, -0.05) is 36.4 Å². The molecular formula is C19H20IN3O5. The second-order valence-electron chi connectivity index (χ2n) is 5.83. The van der Waals surface area contributed by atoms with Crippen LogP contribution in [0.3, 0.4) is 0 Å². The molecule has 2 aromatic heterocycles. The number of ether oxygens (including phenoxy) is 1. The molecule has 9 heteroatoms. The molecule has 0 unspecified atom stereocenters. The summed E-state index contributed by atoms with van der Waals surface area (Å²) < 4.78 is 8.76. The van der Waals surface area contributed by atoms with Gasteiger partial charge >= 0.3 is 11.9 Å². The van der Waals surface area contributed by atoms with E-state index in [1.807, 2.05) is 35.0 Å². The van der Waals surface area contributed by atoms with Gasteiger partial charge in [-0.15, -0.1) is 5.10 Å². The van der Waals surface area contributed by atoms with Crippen molar-refractivity contribution in [3.05, 3.63) is 63.9 Å². The quantitative estimate of drug-likeness (QED) is 0.399. The molecule has 3 rings (SSSR count). The summed E-state index contributed by atoms with van der Waals surface area (Å²) >= 11 is 2.29. The molecule has 3 aromatic rings. The van der Waals surface area contributed by atoms with E-state index in [1.165, 1.54) is 5.56 Å². The molecule has 0 amide bonds. The Balaban J connectivity index is 0.000000409. The average molecular weight is 497 g/mol. The van der Waals surface area contributed by atoms with E-state index in [0.717, 1.165) is 22.2 Å². The SMILES string of the molecule is CN(CCOc1nn2ccccc2c1I)Cc1ccccc1.O=C(O)C(=O)O. The highest BCUT2D eigenvalue weighted by atomic mass is 127. The third-order valence-corrected chi connectivity index (χ3v) is 4.65. The highest BCUT2D eigenvalue weighted by Gasteiger charge is 2.11. The van der Waals surface area contributed by atoms with E-state index in [-0.39, 0.29) is 0 Å². The molecule has 28 heavy (non-hydrogen) atoms. The van der Waals surface area contributed by atoms with Crippen molar-refractivity contribution in [3.63, 3.8) is 0 Å². The fraction of sp³-hybridized carbons (Fsp3) is 0.211. The molecule has 0 saturated heterocycles. The lowest BCUT2D eigenvalue weighted by atomic mass is 10.2. The zero-order valence-electron chi connectivity index (χ0n) is 15.2. The summed E-state index contributed by atoms with van der Waals surface area (Å²) in [5.41, 5.74) is 2.39. The Morgan fingerprint density at radius 1 is 1.11 bits per heavy atom. The zero-order valence-corrected chi connectivity index (χ0v) is 17.3. The number of halogens is 1. The molecule has 0 aliphatic rings. The van der Waals surface area contributed by atoms with Gasteiger partial charge in [0.25, 0.3) is 0 Å². The van der Waals surface area contributed by atoms with Gasteiger partial charge in [-0.3, -0.25) is 4.90 Å². The number of aliphatic carboxylic acids is 2. The number of hydrogen-bond acceptors (Lipinski definition) is 5. The first kappa shape index (κ1) is 21.6. The lowest BCUT2D eigenvalue weighted by Gasteiger charge is -2.16. The van der Waals surface area contributed by atoms with Gasteiger partial charge in [0.2, 0.25) is 5.88 Å². The molecule has 0 spiro atoms. The molecule has 0 atom stereocenters. The number of benzene rings is 1. The van der Waals surface area contributed by atoms with E-state index in [4.69, 9.17) is 24.5 Å². The van der Waals surface area contributed by atoms with Crippen molar-refractivity contribution < 1.29 is 24.5 Å². The van der Waals surface area contributed by atoms with Crippen LogP contribution in [-0.2, 0) is 16.1 Å². The standard InChI is InChI=1S/C17H18IN3O.C2H2O4/c1-20(13-14-7-3-2-4-8-14)11-12-22-17-16(18)15-9-5-6-10-21(15)19-17;3-1(4)2(5)6/h2-10H,11-13H2,1H3;(H,3,4)(H,5,6). The van der Waals surface area contributed by atoms with Crippen molar-refractivity contribution in [1.82, 2.24) is 14.5 Å². The van der Waals surface area contributed by atoms with Gasteiger partial charge in [0.15, 0.2) is 0 Å². The second kappa shape index (κ2) is 10.6. The van der Waals surface area contributed by atoms with E-state index < -0.39 is 11.9 Å². The van der Waals surface area contributed by atoms with Crippen LogP contribution in [0.15, 0.2) is 54.7 Å². The maximum Gasteiger partial charge on any atom is 0.414 e. The smallest absolute Gasteiger partial charge is 0.414 e. The molecule has 8 nitrogen and oxygen atoms in total. The number of rotatable bonds is 6. The van der Waals surface area contributed by atoms with E-state index >= 15 is 0 Å². The van der Waals surface area contributed by atoms with Crippen LogP contribution in [0.4, 0.5) is 0 Å². The van der Waals surface area contributed by atoms with E-state index in [9.17, 15) is 0 Å². The van der Waals surface area contributed by atoms with Crippen molar-refractivity contribution in [2.45, 2.75) is 6.54 Å². The molecule has 2 N–H and O–H groups in total. The molecule has 1 aromatic carbocycles. The first-order chi connectivity index (χ1) is 13.4. The molecule has 0 aliphatic heterocycles. The average Bonchev–Trinajstić information content (AvgIpc) is 2.99. The lowest BCUT2D eigenvalue weighted by Crippen LogP contribution is -2.24. The van der Waals surface area contributed by atoms with Crippen molar-refractivity contribution in [3.8, 4) is 5.88 Å². The first-order valence-electron chi connectivity index (χ1n) is 8.33. The minimum absolute atomic E-state index is 0.628. The van der Waals surface area contributed by atoms with Gasteiger partial charge in [0.1, 0.15) is 10.2 Å². The number of hydrogen-bond donors (Lipinski definition) is 2. The summed E-state index contributed by atoms with van der Waals surface area (Å²) in [5, 5.41) is 19.2. The first-order valence-corrected chi connectivity index (χ1v) is 9.40. The number of nitrogens with zero attached hydrogens (tertiary/aromatic N) is 3. The van der Waals surface area contributed by atoms with Gasteiger partial charge in [-0.2, -0.15) is 0 Å². The molecular weight excluding hydrogens is 477 g/mol. The molecule has 0 radical (unpaired) electrons. The Morgan fingerprint density at radius 3 is 2.36 bits per heavy atom. The fourth-order valence-electron chi connectivity index (χ4n) is 2.31. The van der Waals surface area contributed by atoms with Crippen molar-refractivity contribution in [2.24, 2.45) is 0 Å². The topological polar surface area (TPSA) is 104 Å². The number of fused-ring (bicyclic) bond motifs is 1. The maximum absolute atomic E-state index is 9.10. The fourth-order valence-corrected chi connectivity index (χ4v) is 3.00. The van der Waals surface area contributed by atoms with Crippen LogP contribution in [0.1, 0.15) is 5.56 Å². The predicted molar refractivity (Wildman–Crippen MR) is 111 cm³/mol. The second-order valence-corrected chi connectivity index (χ2v) is 6.91. The van der Waals surface area contributed by atoms with E-state index in [1.54, 1.807) is 0 Å². The van der Waals surface area contributed by atoms with E-state index in [0.29, 0.717) is 12.5 Å². The van der Waals surface area contributed by atoms with Gasteiger partial charge in [0, 0.05) is 19.3 Å². The van der Waals surface area contributed by atoms with Crippen LogP contribution in [0.5, 0.6) is 5.88 Å². The number of aromatic nitrogens is 2. The van der Waals surface area contributed by atoms with Gasteiger partial charge < -0.3 is 14.9 Å². The summed E-state index contributed by atoms with van der Waals surface area (Å²) in [5.74, 6) is -2.94. The lowest BCUT2D eigenvalue weighted by molar-refractivity contribution is -0.159. The van der Waals surface area contributed by atoms with Crippen LogP contribution >= 0.6 is 22.6 Å². The predicted octanol–water partition coefficient (Wildman–Crippen LogP) is 2.61. The van der Waals surface area contributed by atoms with Crippen molar-refractivity contribution in [2.75, 3.05) is 20.2 Å². The Bertz CT molecular complexity index is 918. The summed E-state index contributed by atoms with van der Waals surface area (Å²) in [6.45, 7) is 2.41.